The molecule has 0 aromatic heterocycles. The summed E-state index contributed by atoms with van der Waals surface area (Å²) in [6, 6.07) is 9.84. The fourth-order valence-electron chi connectivity index (χ4n) is 1.49. The van der Waals surface area contributed by atoms with E-state index in [-0.39, 0.29) is 19.3 Å². The van der Waals surface area contributed by atoms with Gasteiger partial charge >= 0.3 is 6.09 Å². The van der Waals surface area contributed by atoms with Crippen molar-refractivity contribution in [2.24, 2.45) is 0 Å². The van der Waals surface area contributed by atoms with Gasteiger partial charge in [0, 0.05) is 6.04 Å². The third-order valence-electron chi connectivity index (χ3n) is 2.25. The quantitative estimate of drug-likeness (QED) is 0.589. The number of ether oxygens (including phenoxy) is 2. The topological polar surface area (TPSA) is 64.6 Å². The molecule has 0 fully saturated rings. The van der Waals surface area contributed by atoms with Crippen LogP contribution in [0, 0.1) is 0 Å². The maximum absolute atomic E-state index is 11.3. The van der Waals surface area contributed by atoms with Crippen molar-refractivity contribution in [1.29, 1.82) is 0 Å². The highest BCUT2D eigenvalue weighted by Gasteiger charge is 2.08. The molecule has 5 heteroatoms. The van der Waals surface area contributed by atoms with Crippen LogP contribution < -0.4 is 5.32 Å². The Kier molecular flexibility index (Phi) is 6.32. The van der Waals surface area contributed by atoms with E-state index < -0.39 is 6.09 Å². The number of benzene rings is 1. The summed E-state index contributed by atoms with van der Waals surface area (Å²) < 4.78 is 9.22. The Bertz CT molecular complexity index is 367. The van der Waals surface area contributed by atoms with E-state index in [1.165, 1.54) is 0 Å². The van der Waals surface area contributed by atoms with Gasteiger partial charge in [0.1, 0.15) is 13.2 Å². The van der Waals surface area contributed by atoms with Crippen LogP contribution in [0.15, 0.2) is 30.3 Å². The van der Waals surface area contributed by atoms with Gasteiger partial charge in [0.05, 0.1) is 0 Å². The lowest BCUT2D eigenvalue weighted by atomic mass is 10.1. The van der Waals surface area contributed by atoms with Gasteiger partial charge in [0.2, 0.25) is 0 Å². The van der Waals surface area contributed by atoms with E-state index in [9.17, 15) is 9.59 Å². The van der Waals surface area contributed by atoms with Crippen molar-refractivity contribution in [1.82, 2.24) is 5.32 Å². The van der Waals surface area contributed by atoms with Gasteiger partial charge in [-0.2, -0.15) is 0 Å². The van der Waals surface area contributed by atoms with Crippen LogP contribution in [0.2, 0.25) is 0 Å². The number of carbonyl (C=O) groups is 2. The molecule has 0 radical (unpaired) electrons. The number of rotatable bonds is 7. The number of hydrogen-bond donors (Lipinski definition) is 1. The Morgan fingerprint density at radius 2 is 2.06 bits per heavy atom. The van der Waals surface area contributed by atoms with Crippen LogP contribution in [0.3, 0.4) is 0 Å². The Balaban J connectivity index is 2.21. The van der Waals surface area contributed by atoms with E-state index >= 15 is 0 Å². The van der Waals surface area contributed by atoms with Crippen LogP contribution in [0.25, 0.3) is 0 Å². The van der Waals surface area contributed by atoms with Crippen LogP contribution in [0.5, 0.6) is 0 Å². The van der Waals surface area contributed by atoms with E-state index in [1.54, 1.807) is 0 Å². The number of hydrogen-bond acceptors (Lipinski definition) is 4. The lowest BCUT2D eigenvalue weighted by molar-refractivity contribution is -0.129. The fraction of sp³-hybridized carbons (Fsp3) is 0.385. The first-order valence-corrected chi connectivity index (χ1v) is 5.75. The Morgan fingerprint density at radius 1 is 1.33 bits per heavy atom. The average Bonchev–Trinajstić information content (AvgIpc) is 2.35. The largest absolute Gasteiger partial charge is 0.464 e. The van der Waals surface area contributed by atoms with E-state index in [4.69, 9.17) is 4.74 Å². The van der Waals surface area contributed by atoms with Crippen molar-refractivity contribution < 1.29 is 19.1 Å². The van der Waals surface area contributed by atoms with Crippen molar-refractivity contribution in [3.05, 3.63) is 35.9 Å². The molecule has 0 saturated heterocycles. The number of alkyl carbamates (subject to hydrolysis) is 1. The second-order valence-electron chi connectivity index (χ2n) is 3.84. The number of carbonyl (C=O) groups excluding carboxylic acids is 2. The normalized spacial score (nSPS) is 11.4. The molecule has 0 spiro atoms. The van der Waals surface area contributed by atoms with Gasteiger partial charge in [-0.3, -0.25) is 4.79 Å². The average molecular weight is 251 g/mol. The van der Waals surface area contributed by atoms with Crippen molar-refractivity contribution in [2.45, 2.75) is 19.4 Å². The van der Waals surface area contributed by atoms with E-state index in [0.717, 1.165) is 12.0 Å². The van der Waals surface area contributed by atoms with E-state index in [0.29, 0.717) is 6.47 Å². The zero-order chi connectivity index (χ0) is 13.2. The summed E-state index contributed by atoms with van der Waals surface area (Å²) in [5, 5.41) is 2.70. The molecular formula is C13H17NO4. The van der Waals surface area contributed by atoms with Crippen molar-refractivity contribution >= 4 is 12.6 Å². The second kappa shape index (κ2) is 8.11. The maximum atomic E-state index is 11.3. The summed E-state index contributed by atoms with van der Waals surface area (Å²) in [5.41, 5.74) is 1.15. The van der Waals surface area contributed by atoms with E-state index in [1.807, 2.05) is 37.3 Å². The summed E-state index contributed by atoms with van der Waals surface area (Å²) >= 11 is 0. The highest BCUT2D eigenvalue weighted by atomic mass is 16.6. The summed E-state index contributed by atoms with van der Waals surface area (Å²) in [6.45, 7) is 2.35. The first-order valence-electron chi connectivity index (χ1n) is 5.75. The van der Waals surface area contributed by atoms with Gasteiger partial charge in [-0.25, -0.2) is 4.79 Å². The maximum Gasteiger partial charge on any atom is 0.407 e. The van der Waals surface area contributed by atoms with Crippen molar-refractivity contribution in [2.75, 3.05) is 13.2 Å². The predicted molar refractivity (Wildman–Crippen MR) is 66.1 cm³/mol. The van der Waals surface area contributed by atoms with Gasteiger partial charge < -0.3 is 14.8 Å². The molecule has 0 aliphatic heterocycles. The zero-order valence-corrected chi connectivity index (χ0v) is 10.3. The SMILES string of the molecule is CC(Cc1ccccc1)NC(=O)OCCOC=O. The Hall–Kier alpha value is -2.04. The molecule has 0 aliphatic rings. The molecule has 1 rings (SSSR count). The van der Waals surface area contributed by atoms with Crippen molar-refractivity contribution in [3.8, 4) is 0 Å². The van der Waals surface area contributed by atoms with Crippen LogP contribution in [0.1, 0.15) is 12.5 Å². The molecule has 1 aromatic rings. The molecule has 5 nitrogen and oxygen atoms in total. The Morgan fingerprint density at radius 3 is 2.72 bits per heavy atom. The van der Waals surface area contributed by atoms with Crippen LogP contribution >= 0.6 is 0 Å². The van der Waals surface area contributed by atoms with Crippen LogP contribution in [-0.2, 0) is 20.7 Å². The molecule has 0 heterocycles. The molecule has 98 valence electrons. The first kappa shape index (κ1) is 14.0. The molecule has 0 aliphatic carbocycles. The minimum absolute atomic E-state index is 0.0214. The molecule has 1 aromatic carbocycles. The smallest absolute Gasteiger partial charge is 0.407 e. The van der Waals surface area contributed by atoms with Crippen LogP contribution in [-0.4, -0.2) is 31.8 Å². The van der Waals surface area contributed by atoms with Gasteiger partial charge in [0.25, 0.3) is 6.47 Å². The molecular weight excluding hydrogens is 234 g/mol. The van der Waals surface area contributed by atoms with Crippen molar-refractivity contribution in [3.63, 3.8) is 0 Å². The van der Waals surface area contributed by atoms with Crippen LogP contribution in [0.4, 0.5) is 4.79 Å². The monoisotopic (exact) mass is 251 g/mol. The summed E-state index contributed by atoms with van der Waals surface area (Å²) in [7, 11) is 0. The third-order valence-corrected chi connectivity index (χ3v) is 2.25. The molecule has 0 bridgehead atoms. The summed E-state index contributed by atoms with van der Waals surface area (Å²) in [5.74, 6) is 0. The molecule has 18 heavy (non-hydrogen) atoms. The number of amides is 1. The summed E-state index contributed by atoms with van der Waals surface area (Å²) in [6.07, 6.45) is 0.230. The van der Waals surface area contributed by atoms with Gasteiger partial charge in [0.15, 0.2) is 0 Å². The minimum Gasteiger partial charge on any atom is -0.464 e. The molecule has 1 unspecified atom stereocenters. The zero-order valence-electron chi connectivity index (χ0n) is 10.3. The fourth-order valence-corrected chi connectivity index (χ4v) is 1.49. The highest BCUT2D eigenvalue weighted by Crippen LogP contribution is 2.02. The highest BCUT2D eigenvalue weighted by molar-refractivity contribution is 5.67. The van der Waals surface area contributed by atoms with Gasteiger partial charge in [-0.15, -0.1) is 0 Å². The van der Waals surface area contributed by atoms with Gasteiger partial charge in [-0.1, -0.05) is 30.3 Å². The predicted octanol–water partition coefficient (Wildman–Crippen LogP) is 1.52. The van der Waals surface area contributed by atoms with Gasteiger partial charge in [-0.05, 0) is 18.9 Å². The third kappa shape index (κ3) is 5.89. The standard InChI is InChI=1S/C13H17NO4/c1-11(9-12-5-3-2-4-6-12)14-13(16)18-8-7-17-10-15/h2-6,10-11H,7-9H2,1H3,(H,14,16). The minimum atomic E-state index is -0.507. The lowest BCUT2D eigenvalue weighted by Crippen LogP contribution is -2.35. The first-order chi connectivity index (χ1) is 8.72. The lowest BCUT2D eigenvalue weighted by Gasteiger charge is -2.13. The summed E-state index contributed by atoms with van der Waals surface area (Å²) in [4.78, 5) is 21.2. The second-order valence-corrected chi connectivity index (χ2v) is 3.84. The molecule has 1 N–H and O–H groups in total. The molecule has 1 atom stereocenters. The van der Waals surface area contributed by atoms with E-state index in [2.05, 4.69) is 10.1 Å². The molecule has 1 amide bonds. The number of nitrogens with one attached hydrogen (secondary N) is 1. The Labute approximate surface area is 106 Å². The molecule has 0 saturated carbocycles.